The van der Waals surface area contributed by atoms with Crippen molar-refractivity contribution in [2.75, 3.05) is 4.90 Å². The summed E-state index contributed by atoms with van der Waals surface area (Å²) in [6.45, 7) is 3.96. The summed E-state index contributed by atoms with van der Waals surface area (Å²) in [7, 11) is 0. The van der Waals surface area contributed by atoms with Crippen molar-refractivity contribution in [1.82, 2.24) is 9.97 Å². The van der Waals surface area contributed by atoms with E-state index < -0.39 is 0 Å². The fourth-order valence-corrected chi connectivity index (χ4v) is 3.16. The normalized spacial score (nSPS) is 12.8. The van der Waals surface area contributed by atoms with Gasteiger partial charge in [-0.2, -0.15) is 5.26 Å². The van der Waals surface area contributed by atoms with Crippen LogP contribution in [-0.4, -0.2) is 15.9 Å². The van der Waals surface area contributed by atoms with Gasteiger partial charge in [-0.15, -0.1) is 0 Å². The van der Waals surface area contributed by atoms with Crippen molar-refractivity contribution in [2.45, 2.75) is 20.3 Å². The van der Waals surface area contributed by atoms with E-state index >= 15 is 0 Å². The van der Waals surface area contributed by atoms with Gasteiger partial charge in [0.1, 0.15) is 17.6 Å². The molecule has 5 nitrogen and oxygen atoms in total. The van der Waals surface area contributed by atoms with Gasteiger partial charge in [-0.05, 0) is 25.5 Å². The van der Waals surface area contributed by atoms with Crippen LogP contribution in [-0.2, 0) is 11.2 Å². The molecule has 1 aliphatic rings. The summed E-state index contributed by atoms with van der Waals surface area (Å²) in [5.41, 5.74) is 4.56. The Hall–Kier alpha value is -3.52. The largest absolute Gasteiger partial charge is 0.274 e. The number of amides is 1. The highest BCUT2D eigenvalue weighted by Gasteiger charge is 2.34. The van der Waals surface area contributed by atoms with Gasteiger partial charge < -0.3 is 0 Å². The number of aromatic nitrogens is 2. The summed E-state index contributed by atoms with van der Waals surface area (Å²) in [6, 6.07) is 17.6. The minimum Gasteiger partial charge on any atom is -0.274 e. The number of benzene rings is 2. The van der Waals surface area contributed by atoms with Gasteiger partial charge in [0, 0.05) is 11.1 Å². The van der Waals surface area contributed by atoms with Crippen LogP contribution in [0.3, 0.4) is 0 Å². The molecule has 26 heavy (non-hydrogen) atoms. The summed E-state index contributed by atoms with van der Waals surface area (Å²) in [5, 5.41) is 9.54. The zero-order chi connectivity index (χ0) is 18.3. The number of fused-ring (bicyclic) bond motifs is 1. The van der Waals surface area contributed by atoms with E-state index in [2.05, 4.69) is 16.0 Å². The van der Waals surface area contributed by atoms with Crippen molar-refractivity contribution in [2.24, 2.45) is 0 Å². The minimum atomic E-state index is -0.0962. The average molecular weight is 340 g/mol. The van der Waals surface area contributed by atoms with Gasteiger partial charge in [-0.1, -0.05) is 48.0 Å². The molecule has 0 radical (unpaired) electrons. The van der Waals surface area contributed by atoms with Gasteiger partial charge in [0.15, 0.2) is 5.82 Å². The van der Waals surface area contributed by atoms with Crippen molar-refractivity contribution < 1.29 is 4.79 Å². The summed E-state index contributed by atoms with van der Waals surface area (Å²) in [6.07, 6.45) is 0.140. The molecule has 2 aromatic carbocycles. The van der Waals surface area contributed by atoms with E-state index in [0.717, 1.165) is 22.4 Å². The first kappa shape index (κ1) is 16.0. The van der Waals surface area contributed by atoms with Gasteiger partial charge in [-0.25, -0.2) is 9.97 Å². The molecule has 1 amide bonds. The van der Waals surface area contributed by atoms with Gasteiger partial charge in [0.2, 0.25) is 5.91 Å². The van der Waals surface area contributed by atoms with Crippen LogP contribution in [0.15, 0.2) is 48.5 Å². The Morgan fingerprint density at radius 2 is 1.77 bits per heavy atom. The molecule has 0 N–H and O–H groups in total. The average Bonchev–Trinajstić information content (AvgIpc) is 2.98. The third-order valence-electron chi connectivity index (χ3n) is 4.55. The lowest BCUT2D eigenvalue weighted by Gasteiger charge is -2.19. The van der Waals surface area contributed by atoms with Crippen LogP contribution in [0.1, 0.15) is 22.4 Å². The molecule has 1 aliphatic heterocycles. The van der Waals surface area contributed by atoms with E-state index in [-0.39, 0.29) is 18.0 Å². The van der Waals surface area contributed by atoms with Crippen molar-refractivity contribution in [3.63, 3.8) is 0 Å². The van der Waals surface area contributed by atoms with Crippen molar-refractivity contribution >= 4 is 17.4 Å². The lowest BCUT2D eigenvalue weighted by atomic mass is 10.1. The quantitative estimate of drug-likeness (QED) is 0.710. The van der Waals surface area contributed by atoms with E-state index in [1.807, 2.05) is 62.4 Å². The van der Waals surface area contributed by atoms with Gasteiger partial charge in [-0.3, -0.25) is 9.69 Å². The topological polar surface area (TPSA) is 69.9 Å². The second-order valence-corrected chi connectivity index (χ2v) is 6.37. The zero-order valence-electron chi connectivity index (χ0n) is 14.5. The number of aryl methyl sites for hydroxylation is 2. The molecule has 0 spiro atoms. The van der Waals surface area contributed by atoms with Crippen LogP contribution in [0.4, 0.5) is 11.5 Å². The summed E-state index contributed by atoms with van der Waals surface area (Å²) in [5.74, 6) is 0.862. The number of hydrogen-bond donors (Lipinski definition) is 0. The first-order valence-corrected chi connectivity index (χ1v) is 8.35. The van der Waals surface area contributed by atoms with Crippen LogP contribution in [0.5, 0.6) is 0 Å². The Morgan fingerprint density at radius 3 is 2.46 bits per heavy atom. The molecule has 0 bridgehead atoms. The number of nitrogens with zero attached hydrogens (tertiary/aromatic N) is 4. The summed E-state index contributed by atoms with van der Waals surface area (Å²) < 4.78 is 0. The molecule has 0 saturated carbocycles. The molecule has 0 saturated heterocycles. The number of carbonyl (C=O) groups is 1. The van der Waals surface area contributed by atoms with Crippen LogP contribution in [0.2, 0.25) is 0 Å². The highest BCUT2D eigenvalue weighted by molar-refractivity contribution is 6.07. The summed E-state index contributed by atoms with van der Waals surface area (Å²) in [4.78, 5) is 23.3. The Kier molecular flexibility index (Phi) is 3.74. The number of carbonyl (C=O) groups excluding carboxylic acids is 1. The fourth-order valence-electron chi connectivity index (χ4n) is 3.16. The molecule has 0 aliphatic carbocycles. The van der Waals surface area contributed by atoms with Crippen molar-refractivity contribution in [3.05, 3.63) is 70.9 Å². The van der Waals surface area contributed by atoms with E-state index in [1.54, 1.807) is 4.90 Å². The van der Waals surface area contributed by atoms with E-state index in [1.165, 1.54) is 0 Å². The molecule has 126 valence electrons. The molecule has 0 unspecified atom stereocenters. The lowest BCUT2D eigenvalue weighted by Crippen LogP contribution is -2.22. The Balaban J connectivity index is 1.92. The second kappa shape index (κ2) is 6.08. The molecule has 2 heterocycles. The molecule has 5 heteroatoms. The standard InChI is InChI=1S/C21H16N4O/c1-13-7-9-15(10-8-13)20-23-17(12-22)16-11-19(26)25(21(16)24-20)18-6-4-3-5-14(18)2/h3-10H,11H2,1-2H3. The highest BCUT2D eigenvalue weighted by atomic mass is 16.2. The zero-order valence-corrected chi connectivity index (χ0v) is 14.5. The number of para-hydroxylation sites is 1. The minimum absolute atomic E-state index is 0.0962. The van der Waals surface area contributed by atoms with Crippen molar-refractivity contribution in [3.8, 4) is 17.5 Å². The predicted molar refractivity (Wildman–Crippen MR) is 98.9 cm³/mol. The molecule has 0 atom stereocenters. The molecule has 0 fully saturated rings. The van der Waals surface area contributed by atoms with Crippen molar-refractivity contribution in [1.29, 1.82) is 5.26 Å². The third kappa shape index (κ3) is 2.52. The van der Waals surface area contributed by atoms with E-state index in [0.29, 0.717) is 17.2 Å². The molecular weight excluding hydrogens is 324 g/mol. The van der Waals surface area contributed by atoms with Crippen LogP contribution in [0.25, 0.3) is 11.4 Å². The number of hydrogen-bond acceptors (Lipinski definition) is 4. The maximum atomic E-state index is 12.7. The highest BCUT2D eigenvalue weighted by Crippen LogP contribution is 2.37. The second-order valence-electron chi connectivity index (χ2n) is 6.37. The molecule has 4 rings (SSSR count). The van der Waals surface area contributed by atoms with Gasteiger partial charge in [0.25, 0.3) is 0 Å². The SMILES string of the molecule is Cc1ccc(-c2nc(C#N)c3c(n2)N(c2ccccc2C)C(=O)C3)cc1. The Bertz CT molecular complexity index is 1060. The number of rotatable bonds is 2. The Morgan fingerprint density at radius 1 is 1.04 bits per heavy atom. The molecule has 3 aromatic rings. The van der Waals surface area contributed by atoms with Crippen LogP contribution >= 0.6 is 0 Å². The maximum absolute atomic E-state index is 12.7. The monoisotopic (exact) mass is 340 g/mol. The van der Waals surface area contributed by atoms with E-state index in [9.17, 15) is 10.1 Å². The first-order valence-electron chi connectivity index (χ1n) is 8.35. The molecular formula is C21H16N4O. The van der Waals surface area contributed by atoms with Crippen LogP contribution in [0, 0.1) is 25.2 Å². The maximum Gasteiger partial charge on any atom is 0.237 e. The molecule has 1 aromatic heterocycles. The van der Waals surface area contributed by atoms with Crippen LogP contribution < -0.4 is 4.90 Å². The fraction of sp³-hybridized carbons (Fsp3) is 0.143. The van der Waals surface area contributed by atoms with E-state index in [4.69, 9.17) is 0 Å². The number of anilines is 2. The lowest BCUT2D eigenvalue weighted by molar-refractivity contribution is -0.116. The first-order chi connectivity index (χ1) is 12.6. The number of nitriles is 1. The third-order valence-corrected chi connectivity index (χ3v) is 4.55. The Labute approximate surface area is 151 Å². The van der Waals surface area contributed by atoms with Gasteiger partial charge in [0.05, 0.1) is 12.1 Å². The predicted octanol–water partition coefficient (Wildman–Crippen LogP) is 3.85. The summed E-state index contributed by atoms with van der Waals surface area (Å²) >= 11 is 0. The smallest absolute Gasteiger partial charge is 0.237 e. The van der Waals surface area contributed by atoms with Gasteiger partial charge >= 0.3 is 0 Å².